The highest BCUT2D eigenvalue weighted by molar-refractivity contribution is 7.99. The molecule has 0 bridgehead atoms. The zero-order chi connectivity index (χ0) is 8.81. The fourth-order valence-corrected chi connectivity index (χ4v) is 3.18. The van der Waals surface area contributed by atoms with E-state index in [9.17, 15) is 0 Å². The van der Waals surface area contributed by atoms with Gasteiger partial charge in [-0.2, -0.15) is 11.8 Å². The van der Waals surface area contributed by atoms with Crippen molar-refractivity contribution in [1.82, 2.24) is 5.32 Å². The molecule has 2 atom stereocenters. The summed E-state index contributed by atoms with van der Waals surface area (Å²) >= 11 is 2.14. The van der Waals surface area contributed by atoms with Gasteiger partial charge >= 0.3 is 0 Å². The van der Waals surface area contributed by atoms with Gasteiger partial charge in [0.2, 0.25) is 0 Å². The minimum absolute atomic E-state index is 0.813. The van der Waals surface area contributed by atoms with Crippen LogP contribution in [0.25, 0.3) is 0 Å². The van der Waals surface area contributed by atoms with Crippen molar-refractivity contribution in [2.24, 2.45) is 0 Å². The molecular weight excluding hydrogens is 166 g/mol. The van der Waals surface area contributed by atoms with Gasteiger partial charge in [-0.15, -0.1) is 0 Å². The third kappa shape index (κ3) is 3.36. The van der Waals surface area contributed by atoms with Gasteiger partial charge in [-0.25, -0.2) is 0 Å². The molecule has 0 heterocycles. The lowest BCUT2D eigenvalue weighted by Gasteiger charge is -2.28. The van der Waals surface area contributed by atoms with Crippen molar-refractivity contribution in [3.63, 3.8) is 0 Å². The second-order valence-electron chi connectivity index (χ2n) is 3.50. The van der Waals surface area contributed by atoms with E-state index in [-0.39, 0.29) is 0 Å². The first-order valence-electron chi connectivity index (χ1n) is 5.21. The quantitative estimate of drug-likeness (QED) is 0.726. The maximum atomic E-state index is 3.56. The molecule has 1 aliphatic carbocycles. The number of hydrogen-bond donors (Lipinski definition) is 1. The van der Waals surface area contributed by atoms with E-state index in [1.54, 1.807) is 0 Å². The van der Waals surface area contributed by atoms with Crippen molar-refractivity contribution >= 4 is 11.8 Å². The molecule has 2 heteroatoms. The fraction of sp³-hybridized carbons (Fsp3) is 1.00. The normalized spacial score (nSPS) is 30.5. The molecule has 1 saturated carbocycles. The molecule has 1 nitrogen and oxygen atoms in total. The average Bonchev–Trinajstić information content (AvgIpc) is 2.06. The summed E-state index contributed by atoms with van der Waals surface area (Å²) in [5, 5.41) is 4.50. The van der Waals surface area contributed by atoms with Crippen molar-refractivity contribution in [3.8, 4) is 0 Å². The highest BCUT2D eigenvalue weighted by Crippen LogP contribution is 2.28. The van der Waals surface area contributed by atoms with Crippen LogP contribution in [0, 0.1) is 0 Å². The Labute approximate surface area is 80.7 Å². The highest BCUT2D eigenvalue weighted by atomic mass is 32.2. The summed E-state index contributed by atoms with van der Waals surface area (Å²) in [6.45, 7) is 5.60. The van der Waals surface area contributed by atoms with Crippen LogP contribution in [0.2, 0.25) is 0 Å². The van der Waals surface area contributed by atoms with E-state index in [1.165, 1.54) is 31.4 Å². The molecule has 0 aromatic carbocycles. The molecule has 0 amide bonds. The standard InChI is InChI=1S/C10H21NS/c1-3-11-9-6-5-7-10(8-9)12-4-2/h9-11H,3-8H2,1-2H3. The van der Waals surface area contributed by atoms with Crippen LogP contribution < -0.4 is 5.32 Å². The maximum absolute atomic E-state index is 3.56. The molecule has 1 N–H and O–H groups in total. The second kappa shape index (κ2) is 5.87. The fourth-order valence-electron chi connectivity index (χ4n) is 2.01. The first kappa shape index (κ1) is 10.4. The summed E-state index contributed by atoms with van der Waals surface area (Å²) in [5.41, 5.74) is 0. The Balaban J connectivity index is 2.20. The number of thioether (sulfide) groups is 1. The molecule has 0 spiro atoms. The van der Waals surface area contributed by atoms with Gasteiger partial charge < -0.3 is 5.32 Å². The molecular formula is C10H21NS. The Morgan fingerprint density at radius 2 is 2.17 bits per heavy atom. The predicted octanol–water partition coefficient (Wildman–Crippen LogP) is 2.66. The summed E-state index contributed by atoms with van der Waals surface area (Å²) in [5.74, 6) is 1.28. The minimum Gasteiger partial charge on any atom is -0.314 e. The smallest absolute Gasteiger partial charge is 0.00774 e. The van der Waals surface area contributed by atoms with Gasteiger partial charge in [-0.05, 0) is 31.6 Å². The second-order valence-corrected chi connectivity index (χ2v) is 5.08. The van der Waals surface area contributed by atoms with Crippen LogP contribution in [0.15, 0.2) is 0 Å². The first-order chi connectivity index (χ1) is 5.86. The van der Waals surface area contributed by atoms with E-state index < -0.39 is 0 Å². The van der Waals surface area contributed by atoms with Gasteiger partial charge in [0, 0.05) is 11.3 Å². The van der Waals surface area contributed by atoms with Crippen molar-refractivity contribution in [3.05, 3.63) is 0 Å². The molecule has 2 unspecified atom stereocenters. The van der Waals surface area contributed by atoms with E-state index >= 15 is 0 Å². The van der Waals surface area contributed by atoms with Crippen LogP contribution in [0.3, 0.4) is 0 Å². The minimum atomic E-state index is 0.813. The van der Waals surface area contributed by atoms with Crippen molar-refractivity contribution in [1.29, 1.82) is 0 Å². The maximum Gasteiger partial charge on any atom is 0.00774 e. The molecule has 12 heavy (non-hydrogen) atoms. The first-order valence-corrected chi connectivity index (χ1v) is 6.26. The largest absolute Gasteiger partial charge is 0.314 e. The molecule has 0 aromatic rings. The third-order valence-electron chi connectivity index (χ3n) is 2.52. The van der Waals surface area contributed by atoms with E-state index in [1.807, 2.05) is 0 Å². The molecule has 0 saturated heterocycles. The SMILES string of the molecule is CCNC1CCCC(SCC)C1. The Morgan fingerprint density at radius 3 is 2.83 bits per heavy atom. The molecule has 1 fully saturated rings. The molecule has 1 aliphatic rings. The summed E-state index contributed by atoms with van der Waals surface area (Å²) in [6, 6.07) is 0.813. The van der Waals surface area contributed by atoms with Crippen LogP contribution >= 0.6 is 11.8 Å². The van der Waals surface area contributed by atoms with E-state index in [2.05, 4.69) is 30.9 Å². The lowest BCUT2D eigenvalue weighted by atomic mass is 9.95. The number of rotatable bonds is 4. The van der Waals surface area contributed by atoms with Crippen LogP contribution in [-0.4, -0.2) is 23.6 Å². The summed E-state index contributed by atoms with van der Waals surface area (Å²) in [4.78, 5) is 0. The summed E-state index contributed by atoms with van der Waals surface area (Å²) in [7, 11) is 0. The molecule has 0 aromatic heterocycles. The molecule has 0 radical (unpaired) electrons. The molecule has 0 aliphatic heterocycles. The lowest BCUT2D eigenvalue weighted by molar-refractivity contribution is 0.388. The predicted molar refractivity (Wildman–Crippen MR) is 57.9 cm³/mol. The van der Waals surface area contributed by atoms with E-state index in [0.29, 0.717) is 0 Å². The van der Waals surface area contributed by atoms with Gasteiger partial charge in [0.1, 0.15) is 0 Å². The van der Waals surface area contributed by atoms with Crippen molar-refractivity contribution in [2.45, 2.75) is 50.8 Å². The monoisotopic (exact) mass is 187 g/mol. The van der Waals surface area contributed by atoms with Gasteiger partial charge in [0.25, 0.3) is 0 Å². The summed E-state index contributed by atoms with van der Waals surface area (Å²) < 4.78 is 0. The number of nitrogens with one attached hydrogen (secondary N) is 1. The zero-order valence-corrected chi connectivity index (χ0v) is 9.12. The molecule has 1 rings (SSSR count). The Kier molecular flexibility index (Phi) is 5.08. The Morgan fingerprint density at radius 1 is 1.33 bits per heavy atom. The Hall–Kier alpha value is 0.310. The highest BCUT2D eigenvalue weighted by Gasteiger charge is 2.20. The van der Waals surface area contributed by atoms with Crippen LogP contribution in [0.4, 0.5) is 0 Å². The van der Waals surface area contributed by atoms with Crippen LogP contribution in [-0.2, 0) is 0 Å². The lowest BCUT2D eigenvalue weighted by Crippen LogP contribution is -2.34. The van der Waals surface area contributed by atoms with Crippen LogP contribution in [0.1, 0.15) is 39.5 Å². The number of hydrogen-bond acceptors (Lipinski definition) is 2. The Bertz CT molecular complexity index is 100. The van der Waals surface area contributed by atoms with E-state index in [0.717, 1.165) is 17.8 Å². The summed E-state index contributed by atoms with van der Waals surface area (Å²) in [6.07, 6.45) is 5.66. The van der Waals surface area contributed by atoms with Crippen molar-refractivity contribution in [2.75, 3.05) is 12.3 Å². The van der Waals surface area contributed by atoms with Gasteiger partial charge in [0.15, 0.2) is 0 Å². The van der Waals surface area contributed by atoms with Gasteiger partial charge in [-0.3, -0.25) is 0 Å². The average molecular weight is 187 g/mol. The molecule has 72 valence electrons. The third-order valence-corrected chi connectivity index (χ3v) is 3.75. The zero-order valence-electron chi connectivity index (χ0n) is 8.31. The van der Waals surface area contributed by atoms with Crippen LogP contribution in [0.5, 0.6) is 0 Å². The van der Waals surface area contributed by atoms with Crippen molar-refractivity contribution < 1.29 is 0 Å². The van der Waals surface area contributed by atoms with Gasteiger partial charge in [0.05, 0.1) is 0 Å². The van der Waals surface area contributed by atoms with E-state index in [4.69, 9.17) is 0 Å². The van der Waals surface area contributed by atoms with Gasteiger partial charge in [-0.1, -0.05) is 20.3 Å². The topological polar surface area (TPSA) is 12.0 Å².